The van der Waals surface area contributed by atoms with Crippen molar-refractivity contribution in [1.29, 1.82) is 0 Å². The molecule has 1 N–H and O–H groups in total. The van der Waals surface area contributed by atoms with Crippen molar-refractivity contribution in [1.82, 2.24) is 14.9 Å². The zero-order valence-corrected chi connectivity index (χ0v) is 16.2. The number of halogens is 1. The molecule has 4 rings (SSSR count). The van der Waals surface area contributed by atoms with Crippen molar-refractivity contribution in [3.05, 3.63) is 48.5 Å². The van der Waals surface area contributed by atoms with Gasteiger partial charge in [-0.15, -0.1) is 0 Å². The third-order valence-corrected chi connectivity index (χ3v) is 4.70. The van der Waals surface area contributed by atoms with Crippen LogP contribution in [0.4, 0.5) is 10.1 Å². The Labute approximate surface area is 172 Å². The second-order valence-corrected chi connectivity index (χ2v) is 6.66. The van der Waals surface area contributed by atoms with Gasteiger partial charge in [0, 0.05) is 49.8 Å². The van der Waals surface area contributed by atoms with Crippen LogP contribution in [0.5, 0.6) is 17.4 Å². The summed E-state index contributed by atoms with van der Waals surface area (Å²) in [7, 11) is 0. The van der Waals surface area contributed by atoms with Crippen molar-refractivity contribution >= 4 is 23.0 Å². The average molecular weight is 412 g/mol. The second kappa shape index (κ2) is 9.47. The van der Waals surface area contributed by atoms with Crippen LogP contribution in [0.1, 0.15) is 0 Å². The topological polar surface area (TPSA) is 85.8 Å². The quantitative estimate of drug-likeness (QED) is 0.570. The van der Waals surface area contributed by atoms with E-state index >= 15 is 0 Å². The highest BCUT2D eigenvalue weighted by Gasteiger charge is 2.12. The summed E-state index contributed by atoms with van der Waals surface area (Å²) in [5.74, 6) is 0.325. The molecule has 1 fully saturated rings. The number of pyridine rings is 2. The molecule has 0 unspecified atom stereocenters. The van der Waals surface area contributed by atoms with Gasteiger partial charge in [-0.2, -0.15) is 0 Å². The Morgan fingerprint density at radius 3 is 2.83 bits per heavy atom. The number of ether oxygens (including phenoxy) is 3. The molecule has 3 heterocycles. The second-order valence-electron chi connectivity index (χ2n) is 6.66. The number of aromatic nitrogens is 2. The highest BCUT2D eigenvalue weighted by Crippen LogP contribution is 2.31. The van der Waals surface area contributed by atoms with Crippen molar-refractivity contribution in [3.63, 3.8) is 0 Å². The Bertz CT molecular complexity index is 1030. The van der Waals surface area contributed by atoms with Crippen molar-refractivity contribution in [2.24, 2.45) is 0 Å². The summed E-state index contributed by atoms with van der Waals surface area (Å²) in [6.45, 7) is 4.61. The van der Waals surface area contributed by atoms with Gasteiger partial charge in [0.05, 0.1) is 24.1 Å². The van der Waals surface area contributed by atoms with E-state index in [1.807, 2.05) is 0 Å². The number of hydrogen-bond donors (Lipinski definition) is 1. The monoisotopic (exact) mass is 412 g/mol. The lowest BCUT2D eigenvalue weighted by Crippen LogP contribution is -2.38. The fourth-order valence-electron chi connectivity index (χ4n) is 3.13. The molecule has 0 radical (unpaired) electrons. The maximum Gasteiger partial charge on any atom is 0.215 e. The molecular formula is C21H21FN4O4. The lowest BCUT2D eigenvalue weighted by molar-refractivity contribution is -0.105. The Kier molecular flexibility index (Phi) is 6.31. The van der Waals surface area contributed by atoms with Gasteiger partial charge in [0.25, 0.3) is 0 Å². The minimum atomic E-state index is -0.595. The number of nitrogens with zero attached hydrogens (tertiary/aromatic N) is 3. The summed E-state index contributed by atoms with van der Waals surface area (Å²) in [5, 5.41) is 3.03. The molecule has 9 heteroatoms. The molecule has 156 valence electrons. The fraction of sp³-hybridized carbons (Fsp3) is 0.286. The molecule has 30 heavy (non-hydrogen) atoms. The first-order valence-electron chi connectivity index (χ1n) is 9.58. The molecule has 1 aromatic carbocycles. The molecule has 2 aromatic heterocycles. The minimum Gasteiger partial charge on any atom is -0.476 e. The molecular weight excluding hydrogens is 391 g/mol. The van der Waals surface area contributed by atoms with Gasteiger partial charge in [-0.05, 0) is 18.2 Å². The Balaban J connectivity index is 1.45. The number of hydrogen-bond acceptors (Lipinski definition) is 7. The molecule has 0 spiro atoms. The first-order valence-corrected chi connectivity index (χ1v) is 9.58. The first-order chi connectivity index (χ1) is 14.7. The summed E-state index contributed by atoms with van der Waals surface area (Å²) in [6, 6.07) is 7.56. The third kappa shape index (κ3) is 4.81. The van der Waals surface area contributed by atoms with Gasteiger partial charge in [-0.1, -0.05) is 0 Å². The number of nitrogens with one attached hydrogen (secondary N) is 1. The van der Waals surface area contributed by atoms with Gasteiger partial charge in [0.15, 0.2) is 11.6 Å². The molecule has 8 nitrogen and oxygen atoms in total. The Morgan fingerprint density at radius 2 is 2.03 bits per heavy atom. The van der Waals surface area contributed by atoms with Gasteiger partial charge in [-0.25, -0.2) is 9.37 Å². The van der Waals surface area contributed by atoms with Crippen molar-refractivity contribution in [2.75, 3.05) is 44.8 Å². The summed E-state index contributed by atoms with van der Waals surface area (Å²) in [6.07, 6.45) is 3.66. The van der Waals surface area contributed by atoms with E-state index in [0.29, 0.717) is 41.2 Å². The zero-order chi connectivity index (χ0) is 20.8. The molecule has 3 aromatic rings. The van der Waals surface area contributed by atoms with Crippen molar-refractivity contribution in [3.8, 4) is 17.4 Å². The molecule has 1 saturated heterocycles. The van der Waals surface area contributed by atoms with Gasteiger partial charge >= 0.3 is 0 Å². The van der Waals surface area contributed by atoms with Gasteiger partial charge in [0.1, 0.15) is 12.4 Å². The fourth-order valence-corrected chi connectivity index (χ4v) is 3.13. The Hall–Kier alpha value is -3.30. The highest BCUT2D eigenvalue weighted by atomic mass is 19.1. The van der Waals surface area contributed by atoms with Crippen LogP contribution in [-0.4, -0.2) is 60.7 Å². The van der Waals surface area contributed by atoms with Crippen molar-refractivity contribution in [2.45, 2.75) is 0 Å². The standard InChI is InChI=1S/C21H21FN4O4/c22-17-11-15(25-14-27)1-2-20(17)30-19-3-4-23-18-12-21(24-13-16(18)19)29-10-7-26-5-8-28-9-6-26/h1-4,11-14H,5-10H2,(H,25,27). The maximum absolute atomic E-state index is 14.3. The van der Waals surface area contributed by atoms with E-state index in [1.165, 1.54) is 12.1 Å². The first kappa shape index (κ1) is 20.0. The van der Waals surface area contributed by atoms with E-state index in [4.69, 9.17) is 14.2 Å². The predicted octanol–water partition coefficient (Wildman–Crippen LogP) is 2.84. The van der Waals surface area contributed by atoms with Crippen LogP contribution in [0.25, 0.3) is 10.9 Å². The lowest BCUT2D eigenvalue weighted by Gasteiger charge is -2.26. The summed E-state index contributed by atoms with van der Waals surface area (Å²) < 4.78 is 31.1. The SMILES string of the molecule is O=CNc1ccc(Oc2ccnc3cc(OCCN4CCOCC4)ncc23)c(F)c1. The number of fused-ring (bicyclic) bond motifs is 1. The molecule has 0 aliphatic carbocycles. The summed E-state index contributed by atoms with van der Waals surface area (Å²) >= 11 is 0. The minimum absolute atomic E-state index is 0.0322. The number of carbonyl (C=O) groups excluding carboxylic acids is 1. The van der Waals surface area contributed by atoms with E-state index in [9.17, 15) is 9.18 Å². The lowest BCUT2D eigenvalue weighted by atomic mass is 10.2. The zero-order valence-electron chi connectivity index (χ0n) is 16.2. The van der Waals surface area contributed by atoms with Crippen LogP contribution in [0.3, 0.4) is 0 Å². The molecule has 1 amide bonds. The maximum atomic E-state index is 14.3. The smallest absolute Gasteiger partial charge is 0.215 e. The van der Waals surface area contributed by atoms with Crippen LogP contribution in [0, 0.1) is 5.82 Å². The van der Waals surface area contributed by atoms with E-state index in [0.717, 1.165) is 32.8 Å². The Morgan fingerprint density at radius 1 is 1.17 bits per heavy atom. The van der Waals surface area contributed by atoms with Gasteiger partial charge in [0.2, 0.25) is 12.3 Å². The van der Waals surface area contributed by atoms with E-state index in [-0.39, 0.29) is 5.75 Å². The van der Waals surface area contributed by atoms with Crippen LogP contribution in [0.15, 0.2) is 42.7 Å². The van der Waals surface area contributed by atoms with E-state index in [2.05, 4.69) is 20.2 Å². The highest BCUT2D eigenvalue weighted by molar-refractivity contribution is 5.85. The normalized spacial score (nSPS) is 14.4. The number of carbonyl (C=O) groups is 1. The number of amides is 1. The molecule has 0 atom stereocenters. The van der Waals surface area contributed by atoms with Crippen LogP contribution in [0.2, 0.25) is 0 Å². The van der Waals surface area contributed by atoms with E-state index < -0.39 is 5.82 Å². The molecule has 0 saturated carbocycles. The number of anilines is 1. The van der Waals surface area contributed by atoms with Crippen LogP contribution in [-0.2, 0) is 9.53 Å². The number of rotatable bonds is 8. The van der Waals surface area contributed by atoms with Crippen LogP contribution < -0.4 is 14.8 Å². The summed E-state index contributed by atoms with van der Waals surface area (Å²) in [5.41, 5.74) is 0.971. The van der Waals surface area contributed by atoms with Gasteiger partial charge in [-0.3, -0.25) is 14.7 Å². The number of benzene rings is 1. The van der Waals surface area contributed by atoms with E-state index in [1.54, 1.807) is 30.6 Å². The van der Waals surface area contributed by atoms with Crippen LogP contribution >= 0.6 is 0 Å². The third-order valence-electron chi connectivity index (χ3n) is 4.70. The van der Waals surface area contributed by atoms with Gasteiger partial charge < -0.3 is 19.5 Å². The predicted molar refractivity (Wildman–Crippen MR) is 108 cm³/mol. The number of morpholine rings is 1. The average Bonchev–Trinajstić information content (AvgIpc) is 2.77. The molecule has 0 bridgehead atoms. The van der Waals surface area contributed by atoms with Crippen molar-refractivity contribution < 1.29 is 23.4 Å². The largest absolute Gasteiger partial charge is 0.476 e. The summed E-state index contributed by atoms with van der Waals surface area (Å²) in [4.78, 5) is 21.4. The molecule has 1 aliphatic heterocycles. The molecule has 1 aliphatic rings.